The summed E-state index contributed by atoms with van der Waals surface area (Å²) in [5, 5.41) is 113. The van der Waals surface area contributed by atoms with Crippen molar-refractivity contribution in [2.24, 2.45) is 11.7 Å². The molecule has 7 aliphatic rings. The van der Waals surface area contributed by atoms with Gasteiger partial charge >= 0.3 is 30.2 Å². The van der Waals surface area contributed by atoms with Crippen LogP contribution in [0.4, 0.5) is 22.8 Å². The number of aliphatic hydroxyl groups is 5. The lowest BCUT2D eigenvalue weighted by molar-refractivity contribution is -0.331. The minimum Gasteiger partial charge on any atom is -0.508 e. The highest BCUT2D eigenvalue weighted by atomic mass is 35.5. The summed E-state index contributed by atoms with van der Waals surface area (Å²) < 4.78 is 96.2. The Morgan fingerprint density at radius 3 is 1.89 bits per heavy atom. The molecule has 0 aliphatic carbocycles. The van der Waals surface area contributed by atoms with Gasteiger partial charge in [0.2, 0.25) is 53.4 Å². The highest BCUT2D eigenvalue weighted by Gasteiger charge is 2.54. The van der Waals surface area contributed by atoms with Crippen LogP contribution in [-0.2, 0) is 71.6 Å². The topological polar surface area (TPSA) is 558 Å². The molecule has 2 unspecified atom stereocenters. The number of amides is 10. The summed E-state index contributed by atoms with van der Waals surface area (Å²) in [6.07, 6.45) is -27.0. The predicted octanol–water partition coefficient (Wildman–Crippen LogP) is 3.43. The Labute approximate surface area is 701 Å². The third kappa shape index (κ3) is 21.1. The van der Waals surface area contributed by atoms with Gasteiger partial charge in [-0.3, -0.25) is 43.3 Å². The number of phenolic OH excluding ortho intramolecular Hbond substituents is 3. The van der Waals surface area contributed by atoms with Gasteiger partial charge in [-0.15, -0.1) is 0 Å². The standard InChI is InChI=1S/C79H87Cl2F3N10O28/c1-9-18-114-73(110)57-40-27-38(95)28-46(97)54(40)39-22-34(12-15-45(39)96)55-69(106)92-59(72(109)90-57)61(100)36-14-17-48(42(81)24-36)119-50-26-37-25-49(64(50)122-74-65(63(102)62(101)51(120-74)31-86-75(111)79(82,83)84)121-53-30-78(7,66(103)33(6)117-53)93-76(112)115-19-10-2)118-47-16-13-35(23-41(47)80)60(99)58(91-68(105)44(21-32(4)5)94(8)77(113)116-20-11-3)71(108)87-43(29-52(85)98)67(104)88-56(37)70(107)89-55/h9-17,22-28,32-33,43-44,51,53,55-63,65-66,74,95-97,99-103H,1-3,18-21,29-31H2,4-8H3,(H2,85,98)(H,86,111)(H,87,108)(H,88,104)(H,89,107)(H,90,109)(H,91,105)(H,92,106)(H,93,112)/t33-,43-,44+,51+,53-,55+,56?,57-,58+,59?,60+,61+,62+,63-,65+,66+,74-,78-/m0/s1. The van der Waals surface area contributed by atoms with E-state index >= 15 is 24.0 Å². The van der Waals surface area contributed by atoms with Gasteiger partial charge in [0.05, 0.1) is 28.1 Å². The number of likely N-dealkylation sites (N-methyl/N-ethyl adjacent to an activating group) is 1. The number of ether oxygens (including phenoxy) is 9. The van der Waals surface area contributed by atoms with E-state index in [1.165, 1.54) is 33.0 Å². The van der Waals surface area contributed by atoms with E-state index in [0.717, 1.165) is 89.8 Å². The van der Waals surface area contributed by atoms with E-state index in [-0.39, 0.29) is 36.7 Å². The maximum Gasteiger partial charge on any atom is 0.471 e. The zero-order valence-electron chi connectivity index (χ0n) is 65.4. The van der Waals surface area contributed by atoms with Crippen molar-refractivity contribution < 1.29 is 149 Å². The molecule has 122 heavy (non-hydrogen) atoms. The van der Waals surface area contributed by atoms with Crippen molar-refractivity contribution in [2.45, 2.75) is 162 Å². The number of nitrogens with zero attached hydrogens (tertiary/aromatic N) is 1. The van der Waals surface area contributed by atoms with Gasteiger partial charge in [0.15, 0.2) is 29.9 Å². The molecule has 2 fully saturated rings. The lowest BCUT2D eigenvalue weighted by Crippen LogP contribution is -2.66. The first-order valence-corrected chi connectivity index (χ1v) is 38.1. The Kier molecular flexibility index (Phi) is 29.3. The summed E-state index contributed by atoms with van der Waals surface area (Å²) in [5.74, 6) is -20.4. The average Bonchev–Trinajstić information content (AvgIpc) is 0.762. The molecule has 0 aromatic heterocycles. The maximum absolute atomic E-state index is 16.3. The summed E-state index contributed by atoms with van der Waals surface area (Å²) in [6.45, 7) is 14.1. The minimum absolute atomic E-state index is 0.134. The number of carbonyl (C=O) groups excluding carboxylic acids is 11. The van der Waals surface area contributed by atoms with Crippen molar-refractivity contribution in [3.8, 4) is 57.1 Å². The first-order chi connectivity index (χ1) is 57.5. The maximum atomic E-state index is 16.3. The molecule has 7 heterocycles. The third-order valence-corrected chi connectivity index (χ3v) is 20.6. The SMILES string of the molecule is C=CCOC(=O)N[C@@]1(C)C[C@H](O[C@H]2[C@H](Oc3c4cc5cc3Oc3ccc(cc3Cl)[C@@H](O)[C@@H](NC(=O)[C@@H](CC(C)C)N(C)C(=O)OCC=C)C(=O)N[C@@H](CC(N)=O)C(=O)NC5C(=O)N[C@H]3C(=O)NC(C(=O)N[C@H](C(=O)OCC=C)c5cc(O)cc(O)c5-c5cc3ccc5O)[C@H](O)c3ccc(c(Cl)c3)O4)O[C@H](CNC(=O)C(F)(F)F)[C@@H](O)[C@@H]2O)O[C@@H](C)[C@H]1O. The number of hydrogen-bond donors (Lipinski definition) is 17. The van der Waals surface area contributed by atoms with Gasteiger partial charge in [-0.1, -0.05) is 93.2 Å². The Balaban J connectivity index is 1.25. The number of phenols is 3. The van der Waals surface area contributed by atoms with Crippen LogP contribution in [0.2, 0.25) is 10.0 Å². The van der Waals surface area contributed by atoms with Crippen LogP contribution in [-0.4, -0.2) is 230 Å². The summed E-state index contributed by atoms with van der Waals surface area (Å²) in [6, 6.07) is -3.01. The molecule has 5 aromatic carbocycles. The van der Waals surface area contributed by atoms with Crippen LogP contribution in [0, 0.1) is 5.92 Å². The van der Waals surface area contributed by atoms with Gasteiger partial charge in [0.1, 0.15) is 121 Å². The van der Waals surface area contributed by atoms with E-state index in [1.54, 1.807) is 19.2 Å². The van der Waals surface area contributed by atoms with Gasteiger partial charge in [0, 0.05) is 42.8 Å². The number of nitrogens with two attached hydrogens (primary N) is 1. The Hall–Kier alpha value is -12.1. The lowest BCUT2D eigenvalue weighted by Gasteiger charge is -2.48. The summed E-state index contributed by atoms with van der Waals surface area (Å²) >= 11 is 14.3. The molecule has 0 spiro atoms. The highest BCUT2D eigenvalue weighted by Crippen LogP contribution is 2.50. The quantitative estimate of drug-likeness (QED) is 0.0284. The van der Waals surface area contributed by atoms with Crippen molar-refractivity contribution in [2.75, 3.05) is 33.4 Å². The van der Waals surface area contributed by atoms with Crippen LogP contribution >= 0.6 is 23.2 Å². The molecule has 12 rings (SSSR count). The Bertz CT molecular complexity index is 4910. The van der Waals surface area contributed by atoms with E-state index in [2.05, 4.69) is 57.0 Å². The normalized spacial score (nSPS) is 26.2. The zero-order valence-corrected chi connectivity index (χ0v) is 66.9. The summed E-state index contributed by atoms with van der Waals surface area (Å²) in [7, 11) is 1.19. The summed E-state index contributed by atoms with van der Waals surface area (Å²) in [5.41, 5.74) is 0.676. The molecule has 7 aliphatic heterocycles. The highest BCUT2D eigenvalue weighted by molar-refractivity contribution is 6.32. The monoisotopic (exact) mass is 1750 g/mol. The minimum atomic E-state index is -5.57. The fourth-order valence-electron chi connectivity index (χ4n) is 13.9. The van der Waals surface area contributed by atoms with Crippen LogP contribution in [0.1, 0.15) is 105 Å². The fourth-order valence-corrected chi connectivity index (χ4v) is 14.4. The van der Waals surface area contributed by atoms with Crippen molar-refractivity contribution >= 4 is 88.6 Å². The second kappa shape index (κ2) is 38.8. The molecule has 18 atom stereocenters. The van der Waals surface area contributed by atoms with Crippen LogP contribution in [0.15, 0.2) is 117 Å². The number of alkyl carbamates (subject to hydrolysis) is 1. The number of fused-ring (bicyclic) bond motifs is 15. The van der Waals surface area contributed by atoms with Crippen LogP contribution in [0.5, 0.6) is 46.0 Å². The Morgan fingerprint density at radius 2 is 1.29 bits per heavy atom. The molecule has 0 radical (unpaired) electrons. The molecule has 0 saturated carbocycles. The molecule has 656 valence electrons. The number of carbonyl (C=O) groups is 11. The van der Waals surface area contributed by atoms with Crippen molar-refractivity contribution in [1.29, 1.82) is 0 Å². The molecule has 43 heteroatoms. The molecule has 5 aromatic rings. The number of aromatic hydroxyl groups is 3. The number of rotatable bonds is 21. The van der Waals surface area contributed by atoms with Crippen molar-refractivity contribution in [1.82, 2.24) is 47.4 Å². The number of esters is 1. The third-order valence-electron chi connectivity index (χ3n) is 20.0. The summed E-state index contributed by atoms with van der Waals surface area (Å²) in [4.78, 5) is 161. The predicted molar refractivity (Wildman–Crippen MR) is 416 cm³/mol. The zero-order chi connectivity index (χ0) is 89.4. The van der Waals surface area contributed by atoms with Crippen molar-refractivity contribution in [3.05, 3.63) is 155 Å². The molecular weight excluding hydrogens is 1660 g/mol. The van der Waals surface area contributed by atoms with Gasteiger partial charge in [-0.25, -0.2) is 14.4 Å². The van der Waals surface area contributed by atoms with E-state index < -0.39 is 291 Å². The van der Waals surface area contributed by atoms with Crippen molar-refractivity contribution in [3.63, 3.8) is 0 Å². The molecule has 38 nitrogen and oxygen atoms in total. The van der Waals surface area contributed by atoms with Gasteiger partial charge < -0.3 is 132 Å². The number of nitrogens with one attached hydrogen (secondary N) is 8. The van der Waals surface area contributed by atoms with E-state index in [1.807, 2.05) is 0 Å². The fraction of sp³-hybridized carbons (Fsp3) is 0.405. The number of benzene rings is 5. The molecule has 2 saturated heterocycles. The molecule has 10 amide bonds. The van der Waals surface area contributed by atoms with Gasteiger partial charge in [-0.2, -0.15) is 13.2 Å². The van der Waals surface area contributed by atoms with E-state index in [9.17, 15) is 82.8 Å². The van der Waals surface area contributed by atoms with Gasteiger partial charge in [0.25, 0.3) is 0 Å². The number of primary amides is 1. The van der Waals surface area contributed by atoms with E-state index in [0.29, 0.717) is 0 Å². The molecular formula is C79H87Cl2F3N10O28. The second-order valence-corrected chi connectivity index (χ2v) is 30.2. The number of alkyl halides is 3. The lowest BCUT2D eigenvalue weighted by atomic mass is 9.85. The molecule has 11 bridgehead atoms. The van der Waals surface area contributed by atoms with Crippen LogP contribution < -0.4 is 62.5 Å². The van der Waals surface area contributed by atoms with Crippen LogP contribution in [0.25, 0.3) is 11.1 Å². The smallest absolute Gasteiger partial charge is 0.471 e. The number of aliphatic hydroxyl groups excluding tert-OH is 5. The largest absolute Gasteiger partial charge is 0.508 e. The van der Waals surface area contributed by atoms with Gasteiger partial charge in [-0.05, 0) is 103 Å². The average molecular weight is 1750 g/mol. The van der Waals surface area contributed by atoms with Crippen LogP contribution in [0.3, 0.4) is 0 Å². The Morgan fingerprint density at radius 1 is 0.697 bits per heavy atom. The number of hydrogen-bond acceptors (Lipinski definition) is 28. The van der Waals surface area contributed by atoms with E-state index in [4.69, 9.17) is 71.6 Å². The first kappa shape index (κ1) is 92.2. The molecule has 18 N–H and O–H groups in total. The first-order valence-electron chi connectivity index (χ1n) is 37.4. The number of halogens is 5. The second-order valence-electron chi connectivity index (χ2n) is 29.4.